The number of carbonyl (C=O) groups excluding carboxylic acids is 1. The molecule has 0 saturated heterocycles. The van der Waals surface area contributed by atoms with Crippen molar-refractivity contribution in [2.75, 3.05) is 17.7 Å². The molecule has 0 aliphatic heterocycles. The number of hydrogen-bond donors (Lipinski definition) is 4. The number of fused-ring (bicyclic) bond motifs is 1. The van der Waals surface area contributed by atoms with Crippen LogP contribution < -0.4 is 21.9 Å². The molecule has 1 aliphatic carbocycles. The summed E-state index contributed by atoms with van der Waals surface area (Å²) in [6.45, 7) is 0. The maximum Gasteiger partial charge on any atom is 0.274 e. The molecule has 0 bridgehead atoms. The predicted molar refractivity (Wildman–Crippen MR) is 109 cm³/mol. The minimum absolute atomic E-state index is 0.181. The van der Waals surface area contributed by atoms with Gasteiger partial charge in [0, 0.05) is 19.3 Å². The molecule has 5 N–H and O–H groups in total. The van der Waals surface area contributed by atoms with Gasteiger partial charge in [0.1, 0.15) is 22.9 Å². The number of aliphatic hydroxyl groups excluding tert-OH is 1. The first-order valence-electron chi connectivity index (χ1n) is 9.52. The number of aliphatic hydroxyl groups is 1. The molecule has 1 saturated carbocycles. The Morgan fingerprint density at radius 2 is 2.14 bits per heavy atom. The van der Waals surface area contributed by atoms with E-state index in [-0.39, 0.29) is 22.8 Å². The molecule has 1 amide bonds. The zero-order valence-corrected chi connectivity index (χ0v) is 16.0. The standard InChI is InChI=1S/C19H23N7O3/c1-21-16-9-15(24-18-11(17(20)28)10-22-26(16)18)23-12-5-4-8-25(19(12)29)13-6-2-3-7-14(13)27/h4-5,8-10,13-14,21,27H,2-3,6-7H2,1H3,(H2,20,28)(H,23,24)/t13-,14+/m1/s1. The van der Waals surface area contributed by atoms with Crippen LogP contribution >= 0.6 is 0 Å². The van der Waals surface area contributed by atoms with Gasteiger partial charge in [-0.3, -0.25) is 9.59 Å². The monoisotopic (exact) mass is 397 g/mol. The molecule has 10 heteroatoms. The molecule has 0 spiro atoms. The van der Waals surface area contributed by atoms with E-state index in [9.17, 15) is 14.7 Å². The summed E-state index contributed by atoms with van der Waals surface area (Å²) < 4.78 is 3.05. The van der Waals surface area contributed by atoms with Crippen LogP contribution in [0.2, 0.25) is 0 Å². The molecule has 0 aromatic carbocycles. The quantitative estimate of drug-likeness (QED) is 0.508. The van der Waals surface area contributed by atoms with Gasteiger partial charge in [-0.1, -0.05) is 12.8 Å². The van der Waals surface area contributed by atoms with Crippen molar-refractivity contribution < 1.29 is 9.90 Å². The van der Waals surface area contributed by atoms with E-state index < -0.39 is 12.0 Å². The highest BCUT2D eigenvalue weighted by atomic mass is 16.3. The minimum atomic E-state index is -0.639. The second kappa shape index (κ2) is 7.55. The zero-order chi connectivity index (χ0) is 20.5. The molecular formula is C19H23N7O3. The lowest BCUT2D eigenvalue weighted by atomic mass is 9.92. The Morgan fingerprint density at radius 3 is 2.86 bits per heavy atom. The third-order valence-electron chi connectivity index (χ3n) is 5.28. The van der Waals surface area contributed by atoms with Crippen molar-refractivity contribution in [3.8, 4) is 0 Å². The summed E-state index contributed by atoms with van der Waals surface area (Å²) in [4.78, 5) is 29.1. The first-order chi connectivity index (χ1) is 14.0. The lowest BCUT2D eigenvalue weighted by molar-refractivity contribution is 0.0739. The molecule has 3 aromatic rings. The molecule has 1 fully saturated rings. The van der Waals surface area contributed by atoms with Crippen molar-refractivity contribution in [1.82, 2.24) is 19.2 Å². The van der Waals surface area contributed by atoms with E-state index >= 15 is 0 Å². The average Bonchev–Trinajstić information content (AvgIpc) is 3.14. The third kappa shape index (κ3) is 3.42. The molecular weight excluding hydrogens is 374 g/mol. The SMILES string of the molecule is CNc1cc(Nc2cccn([C@@H]3CCCC[C@@H]3O)c2=O)nc2c(C(N)=O)cnn12. The topological polar surface area (TPSA) is 140 Å². The summed E-state index contributed by atoms with van der Waals surface area (Å²) in [5.74, 6) is 0.299. The van der Waals surface area contributed by atoms with Crippen molar-refractivity contribution in [2.45, 2.75) is 37.8 Å². The number of hydrogen-bond acceptors (Lipinski definition) is 7. The van der Waals surface area contributed by atoms with Crippen molar-refractivity contribution >= 4 is 28.9 Å². The van der Waals surface area contributed by atoms with Crippen LogP contribution in [-0.2, 0) is 0 Å². The summed E-state index contributed by atoms with van der Waals surface area (Å²) in [7, 11) is 1.71. The van der Waals surface area contributed by atoms with Crippen molar-refractivity contribution in [3.05, 3.63) is 46.5 Å². The van der Waals surface area contributed by atoms with Crippen molar-refractivity contribution in [1.29, 1.82) is 0 Å². The first-order valence-corrected chi connectivity index (χ1v) is 9.52. The van der Waals surface area contributed by atoms with Crippen molar-refractivity contribution in [3.63, 3.8) is 0 Å². The normalized spacial score (nSPS) is 19.2. The third-order valence-corrected chi connectivity index (χ3v) is 5.28. The Labute approximate surface area is 166 Å². The highest BCUT2D eigenvalue weighted by molar-refractivity contribution is 5.98. The molecule has 0 radical (unpaired) electrons. The number of primary amides is 1. The average molecular weight is 397 g/mol. The van der Waals surface area contributed by atoms with Gasteiger partial charge in [-0.25, -0.2) is 4.98 Å². The fourth-order valence-corrected chi connectivity index (χ4v) is 3.80. The molecule has 0 unspecified atom stereocenters. The number of carbonyl (C=O) groups is 1. The Hall–Kier alpha value is -3.40. The summed E-state index contributed by atoms with van der Waals surface area (Å²) >= 11 is 0. The van der Waals surface area contributed by atoms with E-state index in [1.807, 2.05) is 0 Å². The van der Waals surface area contributed by atoms with E-state index in [2.05, 4.69) is 20.7 Å². The second-order valence-electron chi connectivity index (χ2n) is 7.11. The summed E-state index contributed by atoms with van der Waals surface area (Å²) in [5.41, 5.74) is 5.95. The van der Waals surface area contributed by atoms with Crippen LogP contribution in [0.15, 0.2) is 35.4 Å². The van der Waals surface area contributed by atoms with Gasteiger partial charge < -0.3 is 26.0 Å². The van der Waals surface area contributed by atoms with Crippen LogP contribution in [0.5, 0.6) is 0 Å². The Bertz CT molecular complexity index is 1120. The molecule has 152 valence electrons. The van der Waals surface area contributed by atoms with Gasteiger partial charge >= 0.3 is 0 Å². The largest absolute Gasteiger partial charge is 0.391 e. The number of pyridine rings is 1. The van der Waals surface area contributed by atoms with Gasteiger partial charge in [0.05, 0.1) is 18.3 Å². The van der Waals surface area contributed by atoms with Gasteiger partial charge in [-0.15, -0.1) is 0 Å². The lowest BCUT2D eigenvalue weighted by Crippen LogP contribution is -2.34. The van der Waals surface area contributed by atoms with E-state index in [0.29, 0.717) is 23.7 Å². The smallest absolute Gasteiger partial charge is 0.274 e. The van der Waals surface area contributed by atoms with E-state index in [1.54, 1.807) is 36.0 Å². The highest BCUT2D eigenvalue weighted by Gasteiger charge is 2.25. The summed E-state index contributed by atoms with van der Waals surface area (Å²) in [6.07, 6.45) is 5.92. The second-order valence-corrected chi connectivity index (χ2v) is 7.11. The number of amides is 1. The predicted octanol–water partition coefficient (Wildman–Crippen LogP) is 1.25. The molecule has 2 atom stereocenters. The van der Waals surface area contributed by atoms with Gasteiger partial charge in [0.15, 0.2) is 5.65 Å². The van der Waals surface area contributed by atoms with Crippen molar-refractivity contribution in [2.24, 2.45) is 5.73 Å². The fraction of sp³-hybridized carbons (Fsp3) is 0.368. The lowest BCUT2D eigenvalue weighted by Gasteiger charge is -2.29. The zero-order valence-electron chi connectivity index (χ0n) is 16.0. The summed E-state index contributed by atoms with van der Waals surface area (Å²) in [5, 5.41) is 20.5. The van der Waals surface area contributed by atoms with E-state index in [0.717, 1.165) is 19.3 Å². The van der Waals surface area contributed by atoms with Crippen LogP contribution in [0.1, 0.15) is 42.1 Å². The van der Waals surface area contributed by atoms with E-state index in [4.69, 9.17) is 5.73 Å². The Balaban J connectivity index is 1.73. The number of aromatic nitrogens is 4. The Morgan fingerprint density at radius 1 is 1.34 bits per heavy atom. The van der Waals surface area contributed by atoms with E-state index in [1.165, 1.54) is 10.7 Å². The van der Waals surface area contributed by atoms with Gasteiger partial charge in [-0.05, 0) is 25.0 Å². The van der Waals surface area contributed by atoms with Gasteiger partial charge in [0.25, 0.3) is 11.5 Å². The Kier molecular flexibility index (Phi) is 4.93. The molecule has 3 aromatic heterocycles. The minimum Gasteiger partial charge on any atom is -0.391 e. The maximum atomic E-state index is 13.0. The molecule has 29 heavy (non-hydrogen) atoms. The fourth-order valence-electron chi connectivity index (χ4n) is 3.80. The van der Waals surface area contributed by atoms with Crippen LogP contribution in [0.4, 0.5) is 17.3 Å². The number of nitrogens with zero attached hydrogens (tertiary/aromatic N) is 4. The highest BCUT2D eigenvalue weighted by Crippen LogP contribution is 2.28. The summed E-state index contributed by atoms with van der Waals surface area (Å²) in [6, 6.07) is 4.86. The van der Waals surface area contributed by atoms with Crippen LogP contribution in [-0.4, -0.2) is 43.3 Å². The molecule has 3 heterocycles. The number of nitrogens with one attached hydrogen (secondary N) is 2. The number of rotatable bonds is 5. The molecule has 4 rings (SSSR count). The first kappa shape index (κ1) is 18.9. The number of anilines is 3. The van der Waals surface area contributed by atoms with Crippen LogP contribution in [0.3, 0.4) is 0 Å². The van der Waals surface area contributed by atoms with Crippen LogP contribution in [0, 0.1) is 0 Å². The van der Waals surface area contributed by atoms with Gasteiger partial charge in [0.2, 0.25) is 0 Å². The molecule has 10 nitrogen and oxygen atoms in total. The van der Waals surface area contributed by atoms with Crippen LogP contribution in [0.25, 0.3) is 5.65 Å². The van der Waals surface area contributed by atoms with Gasteiger partial charge in [-0.2, -0.15) is 9.61 Å². The molecule has 1 aliphatic rings. The number of nitrogens with two attached hydrogens (primary N) is 1. The maximum absolute atomic E-state index is 13.0.